The number of aryl methyl sites for hydroxylation is 1. The van der Waals surface area contributed by atoms with E-state index in [1.807, 2.05) is 30.1 Å². The Hall–Kier alpha value is -1.85. The maximum atomic E-state index is 12.2. The zero-order valence-electron chi connectivity index (χ0n) is 12.6. The largest absolute Gasteiger partial charge is 0.464 e. The van der Waals surface area contributed by atoms with Gasteiger partial charge in [0.25, 0.3) is 0 Å². The van der Waals surface area contributed by atoms with Gasteiger partial charge in [-0.2, -0.15) is 0 Å². The summed E-state index contributed by atoms with van der Waals surface area (Å²) >= 11 is 0. The first kappa shape index (κ1) is 14.1. The molecule has 0 bridgehead atoms. The SMILES string of the molecule is Cc1ccc2c(CC(=O)NN3CCN(C)CC3)coc2c1. The van der Waals surface area contributed by atoms with Crippen molar-refractivity contribution in [2.75, 3.05) is 33.2 Å². The number of hydrazine groups is 1. The Balaban J connectivity index is 1.63. The Bertz CT molecular complexity index is 642. The monoisotopic (exact) mass is 287 g/mol. The van der Waals surface area contributed by atoms with Crippen molar-refractivity contribution in [3.63, 3.8) is 0 Å². The van der Waals surface area contributed by atoms with Gasteiger partial charge in [-0.05, 0) is 25.6 Å². The summed E-state index contributed by atoms with van der Waals surface area (Å²) in [6.45, 7) is 5.73. The number of carbonyl (C=O) groups is 1. The summed E-state index contributed by atoms with van der Waals surface area (Å²) in [6, 6.07) is 6.06. The average molecular weight is 287 g/mol. The molecule has 5 nitrogen and oxygen atoms in total. The molecule has 1 amide bonds. The van der Waals surface area contributed by atoms with E-state index >= 15 is 0 Å². The molecule has 0 radical (unpaired) electrons. The highest BCUT2D eigenvalue weighted by molar-refractivity contribution is 5.87. The smallest absolute Gasteiger partial charge is 0.238 e. The van der Waals surface area contributed by atoms with Gasteiger partial charge >= 0.3 is 0 Å². The van der Waals surface area contributed by atoms with Gasteiger partial charge in [0.05, 0.1) is 12.7 Å². The van der Waals surface area contributed by atoms with Crippen LogP contribution in [0.15, 0.2) is 28.9 Å². The van der Waals surface area contributed by atoms with E-state index in [2.05, 4.69) is 17.4 Å². The lowest BCUT2D eigenvalue weighted by molar-refractivity contribution is -0.126. The Morgan fingerprint density at radius 1 is 1.29 bits per heavy atom. The fourth-order valence-electron chi connectivity index (χ4n) is 2.63. The first-order valence-corrected chi connectivity index (χ1v) is 7.31. The fourth-order valence-corrected chi connectivity index (χ4v) is 2.63. The van der Waals surface area contributed by atoms with Crippen LogP contribution in [0.4, 0.5) is 0 Å². The van der Waals surface area contributed by atoms with Crippen molar-refractivity contribution in [3.05, 3.63) is 35.6 Å². The third-order valence-electron chi connectivity index (χ3n) is 3.95. The second kappa shape index (κ2) is 5.87. The minimum Gasteiger partial charge on any atom is -0.464 e. The molecule has 3 rings (SSSR count). The fraction of sp³-hybridized carbons (Fsp3) is 0.438. The molecular formula is C16H21N3O2. The molecule has 0 spiro atoms. The molecule has 5 heteroatoms. The van der Waals surface area contributed by atoms with Crippen molar-refractivity contribution in [1.82, 2.24) is 15.3 Å². The van der Waals surface area contributed by atoms with Crippen LogP contribution in [0, 0.1) is 6.92 Å². The van der Waals surface area contributed by atoms with Crippen LogP contribution in [0.25, 0.3) is 11.0 Å². The molecule has 1 aromatic carbocycles. The number of amides is 1. The zero-order valence-corrected chi connectivity index (χ0v) is 12.6. The van der Waals surface area contributed by atoms with E-state index in [1.165, 1.54) is 0 Å². The van der Waals surface area contributed by atoms with Gasteiger partial charge in [-0.1, -0.05) is 12.1 Å². The standard InChI is InChI=1S/C16H21N3O2/c1-12-3-4-14-13(11-21-15(14)9-12)10-16(20)17-19-7-5-18(2)6-8-19/h3-4,9,11H,5-8,10H2,1-2H3,(H,17,20). The van der Waals surface area contributed by atoms with E-state index in [-0.39, 0.29) is 5.91 Å². The number of nitrogens with one attached hydrogen (secondary N) is 1. The predicted octanol–water partition coefficient (Wildman–Crippen LogP) is 1.56. The number of fused-ring (bicyclic) bond motifs is 1. The number of likely N-dealkylation sites (N-methyl/N-ethyl adjacent to an activating group) is 1. The molecule has 1 aliphatic heterocycles. The molecule has 1 aliphatic rings. The lowest BCUT2D eigenvalue weighted by Crippen LogP contribution is -2.52. The molecule has 2 aromatic rings. The van der Waals surface area contributed by atoms with Crippen molar-refractivity contribution < 1.29 is 9.21 Å². The van der Waals surface area contributed by atoms with Gasteiger partial charge in [0, 0.05) is 37.1 Å². The van der Waals surface area contributed by atoms with Gasteiger partial charge < -0.3 is 9.32 Å². The third-order valence-corrected chi connectivity index (χ3v) is 3.95. The van der Waals surface area contributed by atoms with Crippen LogP contribution in [0.3, 0.4) is 0 Å². The zero-order chi connectivity index (χ0) is 14.8. The van der Waals surface area contributed by atoms with Crippen LogP contribution in [0.2, 0.25) is 0 Å². The average Bonchev–Trinajstić information content (AvgIpc) is 2.83. The molecule has 0 aliphatic carbocycles. The highest BCUT2D eigenvalue weighted by Gasteiger charge is 2.17. The summed E-state index contributed by atoms with van der Waals surface area (Å²) in [5.74, 6) is 0.0165. The van der Waals surface area contributed by atoms with E-state index in [1.54, 1.807) is 6.26 Å². The number of carbonyl (C=O) groups excluding carboxylic acids is 1. The molecule has 21 heavy (non-hydrogen) atoms. The molecule has 1 aromatic heterocycles. The number of piperazine rings is 1. The molecule has 112 valence electrons. The molecular weight excluding hydrogens is 266 g/mol. The van der Waals surface area contributed by atoms with Crippen LogP contribution < -0.4 is 5.43 Å². The minimum atomic E-state index is 0.0165. The van der Waals surface area contributed by atoms with Gasteiger partial charge in [-0.15, -0.1) is 0 Å². The number of rotatable bonds is 3. The normalized spacial score (nSPS) is 17.2. The maximum Gasteiger partial charge on any atom is 0.238 e. The highest BCUT2D eigenvalue weighted by atomic mass is 16.3. The van der Waals surface area contributed by atoms with E-state index in [0.717, 1.165) is 48.3 Å². The van der Waals surface area contributed by atoms with Crippen LogP contribution in [0.5, 0.6) is 0 Å². The first-order valence-electron chi connectivity index (χ1n) is 7.31. The van der Waals surface area contributed by atoms with Crippen molar-refractivity contribution in [3.8, 4) is 0 Å². The first-order chi connectivity index (χ1) is 10.1. The number of hydrogen-bond donors (Lipinski definition) is 1. The van der Waals surface area contributed by atoms with Gasteiger partial charge in [0.2, 0.25) is 5.91 Å². The molecule has 0 saturated carbocycles. The number of furan rings is 1. The lowest BCUT2D eigenvalue weighted by atomic mass is 10.1. The molecule has 0 unspecified atom stereocenters. The Labute approximate surface area is 124 Å². The Morgan fingerprint density at radius 2 is 2.05 bits per heavy atom. The van der Waals surface area contributed by atoms with E-state index in [0.29, 0.717) is 6.42 Å². The summed E-state index contributed by atoms with van der Waals surface area (Å²) in [7, 11) is 2.10. The number of benzene rings is 1. The van der Waals surface area contributed by atoms with Crippen LogP contribution in [0.1, 0.15) is 11.1 Å². The topological polar surface area (TPSA) is 48.7 Å². The van der Waals surface area contributed by atoms with Crippen molar-refractivity contribution >= 4 is 16.9 Å². The van der Waals surface area contributed by atoms with Gasteiger partial charge in [-0.3, -0.25) is 10.2 Å². The van der Waals surface area contributed by atoms with E-state index in [9.17, 15) is 4.79 Å². The summed E-state index contributed by atoms with van der Waals surface area (Å²) in [6.07, 6.45) is 2.04. The molecule has 1 saturated heterocycles. The van der Waals surface area contributed by atoms with Crippen molar-refractivity contribution in [1.29, 1.82) is 0 Å². The second-order valence-electron chi connectivity index (χ2n) is 5.76. The van der Waals surface area contributed by atoms with E-state index in [4.69, 9.17) is 4.42 Å². The number of nitrogens with zero attached hydrogens (tertiary/aromatic N) is 2. The van der Waals surface area contributed by atoms with Crippen LogP contribution >= 0.6 is 0 Å². The van der Waals surface area contributed by atoms with Crippen molar-refractivity contribution in [2.45, 2.75) is 13.3 Å². The summed E-state index contributed by atoms with van der Waals surface area (Å²) in [5, 5.41) is 3.02. The molecule has 1 N–H and O–H groups in total. The van der Waals surface area contributed by atoms with Crippen LogP contribution in [-0.2, 0) is 11.2 Å². The minimum absolute atomic E-state index is 0.0165. The summed E-state index contributed by atoms with van der Waals surface area (Å²) in [4.78, 5) is 14.4. The molecule has 0 atom stereocenters. The predicted molar refractivity (Wildman–Crippen MR) is 81.9 cm³/mol. The van der Waals surface area contributed by atoms with Crippen LogP contribution in [-0.4, -0.2) is 49.0 Å². The highest BCUT2D eigenvalue weighted by Crippen LogP contribution is 2.22. The third kappa shape index (κ3) is 3.25. The van der Waals surface area contributed by atoms with Crippen molar-refractivity contribution in [2.24, 2.45) is 0 Å². The Kier molecular flexibility index (Phi) is 3.94. The van der Waals surface area contributed by atoms with Gasteiger partial charge in [-0.25, -0.2) is 5.01 Å². The lowest BCUT2D eigenvalue weighted by Gasteiger charge is -2.32. The quantitative estimate of drug-likeness (QED) is 0.931. The Morgan fingerprint density at radius 3 is 2.81 bits per heavy atom. The number of hydrogen-bond acceptors (Lipinski definition) is 4. The molecule has 2 heterocycles. The maximum absolute atomic E-state index is 12.2. The van der Waals surface area contributed by atoms with Gasteiger partial charge in [0.15, 0.2) is 0 Å². The summed E-state index contributed by atoms with van der Waals surface area (Å²) < 4.78 is 5.53. The van der Waals surface area contributed by atoms with Gasteiger partial charge in [0.1, 0.15) is 5.58 Å². The molecule has 1 fully saturated rings. The second-order valence-corrected chi connectivity index (χ2v) is 5.76. The summed E-state index contributed by atoms with van der Waals surface area (Å²) in [5.41, 5.74) is 5.92. The van der Waals surface area contributed by atoms with E-state index < -0.39 is 0 Å².